The summed E-state index contributed by atoms with van der Waals surface area (Å²) >= 11 is 0. The Labute approximate surface area is 244 Å². The van der Waals surface area contributed by atoms with Gasteiger partial charge in [0, 0.05) is 13.1 Å². The zero-order valence-electron chi connectivity index (χ0n) is 23.9. The van der Waals surface area contributed by atoms with Crippen molar-refractivity contribution in [1.29, 1.82) is 0 Å². The van der Waals surface area contributed by atoms with E-state index in [2.05, 4.69) is 32.8 Å². The number of pyridine rings is 1. The SMILES string of the molecule is C=CCC/C=C(\C(=C)c1nc(NS(=O)(=O)c2cccc(N3CCC(C)(CC(=O)O)CC3)n2)cnc1C(F)(F)F)C(C)C. The van der Waals surface area contributed by atoms with Crippen LogP contribution >= 0.6 is 0 Å². The third-order valence-corrected chi connectivity index (χ3v) is 8.38. The smallest absolute Gasteiger partial charge is 0.435 e. The van der Waals surface area contributed by atoms with Gasteiger partial charge in [-0.15, -0.1) is 6.58 Å². The standard InChI is InChI=1S/C29H36F3N5O4S/c1-6-7-8-10-21(19(2)3)20(4)26-27(29(30,31)32)33-18-22(34-26)36-42(40,41)24-12-9-11-23(35-24)37-15-13-28(5,14-16-37)17-25(38)39/h6,9-12,18-19H,1,4,7-8,13-17H2,2-3,5H3,(H,34,36)(H,38,39)/b21-10-. The molecule has 42 heavy (non-hydrogen) atoms. The number of aliphatic carboxylic acids is 1. The fraction of sp³-hybridized carbons (Fsp3) is 0.448. The number of rotatable bonds is 12. The van der Waals surface area contributed by atoms with Gasteiger partial charge in [-0.25, -0.2) is 15.0 Å². The first kappa shape index (κ1) is 32.8. The van der Waals surface area contributed by atoms with Gasteiger partial charge in [-0.1, -0.05) is 45.6 Å². The number of hydrogen-bond donors (Lipinski definition) is 2. The average Bonchev–Trinajstić information content (AvgIpc) is 2.89. The van der Waals surface area contributed by atoms with Crippen LogP contribution in [-0.4, -0.2) is 47.5 Å². The first-order valence-corrected chi connectivity index (χ1v) is 15.0. The molecule has 0 unspecified atom stereocenters. The molecule has 2 aromatic heterocycles. The van der Waals surface area contributed by atoms with Gasteiger partial charge in [0.2, 0.25) is 0 Å². The van der Waals surface area contributed by atoms with E-state index in [1.165, 1.54) is 12.1 Å². The fourth-order valence-electron chi connectivity index (χ4n) is 4.79. The molecule has 3 rings (SSSR count). The number of alkyl halides is 3. The largest absolute Gasteiger partial charge is 0.481 e. The summed E-state index contributed by atoms with van der Waals surface area (Å²) in [5, 5.41) is 8.83. The van der Waals surface area contributed by atoms with E-state index in [1.54, 1.807) is 18.2 Å². The predicted molar refractivity (Wildman–Crippen MR) is 155 cm³/mol. The second-order valence-electron chi connectivity index (χ2n) is 10.9. The maximum atomic E-state index is 13.9. The lowest BCUT2D eigenvalue weighted by molar-refractivity contribution is -0.142. The Balaban J connectivity index is 1.90. The van der Waals surface area contributed by atoms with Crippen LogP contribution in [0.25, 0.3) is 5.57 Å². The van der Waals surface area contributed by atoms with Crippen molar-refractivity contribution < 1.29 is 31.5 Å². The quantitative estimate of drug-likeness (QED) is 0.163. The molecule has 0 aromatic carbocycles. The molecule has 0 amide bonds. The monoisotopic (exact) mass is 607 g/mol. The summed E-state index contributed by atoms with van der Waals surface area (Å²) in [5.74, 6) is -1.09. The number of hydrogen-bond acceptors (Lipinski definition) is 7. The molecule has 9 nitrogen and oxygen atoms in total. The number of sulfonamides is 1. The van der Waals surface area contributed by atoms with Crippen LogP contribution in [0.1, 0.15) is 64.3 Å². The molecule has 1 aliphatic rings. The third kappa shape index (κ3) is 8.17. The molecule has 1 fully saturated rings. The van der Waals surface area contributed by atoms with Crippen LogP contribution < -0.4 is 9.62 Å². The molecular formula is C29H36F3N5O4S. The lowest BCUT2D eigenvalue weighted by atomic mass is 9.77. The first-order chi connectivity index (χ1) is 19.6. The Bertz CT molecular complexity index is 1460. The normalized spacial score (nSPS) is 15.9. The van der Waals surface area contributed by atoms with Crippen LogP contribution in [0.2, 0.25) is 0 Å². The molecule has 2 aromatic rings. The first-order valence-electron chi connectivity index (χ1n) is 13.5. The Morgan fingerprint density at radius 2 is 1.88 bits per heavy atom. The molecule has 13 heteroatoms. The molecule has 1 aliphatic heterocycles. The van der Waals surface area contributed by atoms with Crippen molar-refractivity contribution in [1.82, 2.24) is 15.0 Å². The molecule has 0 aliphatic carbocycles. The summed E-state index contributed by atoms with van der Waals surface area (Å²) in [7, 11) is -4.36. The second kappa shape index (κ2) is 13.1. The highest BCUT2D eigenvalue weighted by Crippen LogP contribution is 2.38. The summed E-state index contributed by atoms with van der Waals surface area (Å²) in [6, 6.07) is 4.42. The number of allylic oxidation sites excluding steroid dienone is 4. The highest BCUT2D eigenvalue weighted by molar-refractivity contribution is 7.92. The zero-order chi connectivity index (χ0) is 31.3. The minimum Gasteiger partial charge on any atom is -0.481 e. The van der Waals surface area contributed by atoms with Gasteiger partial charge in [0.25, 0.3) is 10.0 Å². The lowest BCUT2D eigenvalue weighted by Gasteiger charge is -2.39. The Hall–Kier alpha value is -3.74. The van der Waals surface area contributed by atoms with Gasteiger partial charge in [-0.2, -0.15) is 21.6 Å². The predicted octanol–water partition coefficient (Wildman–Crippen LogP) is 6.33. The Kier molecular flexibility index (Phi) is 10.2. The van der Waals surface area contributed by atoms with E-state index in [4.69, 9.17) is 0 Å². The highest BCUT2D eigenvalue weighted by Gasteiger charge is 2.38. The number of halogens is 3. The number of anilines is 2. The molecule has 0 bridgehead atoms. The van der Waals surface area contributed by atoms with Crippen LogP contribution in [0.5, 0.6) is 0 Å². The second-order valence-corrected chi connectivity index (χ2v) is 12.5. The van der Waals surface area contributed by atoms with Crippen LogP contribution in [0.15, 0.2) is 60.3 Å². The van der Waals surface area contributed by atoms with Crippen molar-refractivity contribution in [2.75, 3.05) is 22.7 Å². The molecule has 0 radical (unpaired) electrons. The van der Waals surface area contributed by atoms with E-state index in [0.717, 1.165) is 0 Å². The Morgan fingerprint density at radius 1 is 1.21 bits per heavy atom. The molecule has 0 spiro atoms. The van der Waals surface area contributed by atoms with Crippen molar-refractivity contribution in [3.05, 3.63) is 66.7 Å². The van der Waals surface area contributed by atoms with Gasteiger partial charge >= 0.3 is 12.1 Å². The van der Waals surface area contributed by atoms with Crippen LogP contribution in [0.4, 0.5) is 24.8 Å². The van der Waals surface area contributed by atoms with Gasteiger partial charge in [0.15, 0.2) is 16.5 Å². The van der Waals surface area contributed by atoms with E-state index in [1.807, 2.05) is 25.7 Å². The van der Waals surface area contributed by atoms with Crippen LogP contribution in [0, 0.1) is 11.3 Å². The maximum absolute atomic E-state index is 13.9. The van der Waals surface area contributed by atoms with Crippen molar-refractivity contribution in [2.24, 2.45) is 11.3 Å². The van der Waals surface area contributed by atoms with E-state index < -0.39 is 39.4 Å². The number of carboxylic acids is 1. The van der Waals surface area contributed by atoms with Crippen molar-refractivity contribution in [2.45, 2.75) is 64.1 Å². The van der Waals surface area contributed by atoms with E-state index in [9.17, 15) is 31.5 Å². The average molecular weight is 608 g/mol. The van der Waals surface area contributed by atoms with Gasteiger partial charge in [0.05, 0.1) is 12.6 Å². The van der Waals surface area contributed by atoms with Gasteiger partial charge in [-0.05, 0) is 60.3 Å². The maximum Gasteiger partial charge on any atom is 0.435 e. The van der Waals surface area contributed by atoms with E-state index in [-0.39, 0.29) is 28.4 Å². The lowest BCUT2D eigenvalue weighted by Crippen LogP contribution is -2.40. The number of aromatic nitrogens is 3. The number of nitrogens with one attached hydrogen (secondary N) is 1. The molecule has 0 atom stereocenters. The summed E-state index contributed by atoms with van der Waals surface area (Å²) in [5.41, 5.74) is -1.68. The number of carbonyl (C=O) groups is 1. The molecule has 228 valence electrons. The highest BCUT2D eigenvalue weighted by atomic mass is 32.2. The molecule has 2 N–H and O–H groups in total. The molecular weight excluding hydrogens is 571 g/mol. The minimum atomic E-state index is -4.85. The van der Waals surface area contributed by atoms with E-state index >= 15 is 0 Å². The zero-order valence-corrected chi connectivity index (χ0v) is 24.7. The van der Waals surface area contributed by atoms with Gasteiger partial charge in [0.1, 0.15) is 11.5 Å². The number of piperidine rings is 1. The Morgan fingerprint density at radius 3 is 2.45 bits per heavy atom. The fourth-order valence-corrected chi connectivity index (χ4v) is 5.74. The van der Waals surface area contributed by atoms with E-state index in [0.29, 0.717) is 56.4 Å². The van der Waals surface area contributed by atoms with Crippen LogP contribution in [-0.2, 0) is 21.0 Å². The summed E-state index contributed by atoms with van der Waals surface area (Å²) in [6.45, 7) is 14.0. The van der Waals surface area contributed by atoms with Gasteiger partial charge in [-0.3, -0.25) is 9.52 Å². The number of unbranched alkanes of at least 4 members (excludes halogenated alkanes) is 1. The topological polar surface area (TPSA) is 125 Å². The number of nitrogens with zero attached hydrogens (tertiary/aromatic N) is 4. The van der Waals surface area contributed by atoms with Gasteiger partial charge < -0.3 is 10.0 Å². The molecule has 0 saturated carbocycles. The molecule has 3 heterocycles. The van der Waals surface area contributed by atoms with Crippen molar-refractivity contribution >= 4 is 33.2 Å². The van der Waals surface area contributed by atoms with Crippen molar-refractivity contribution in [3.63, 3.8) is 0 Å². The third-order valence-electron chi connectivity index (χ3n) is 7.13. The molecule has 1 saturated heterocycles. The van der Waals surface area contributed by atoms with Crippen LogP contribution in [0.3, 0.4) is 0 Å². The minimum absolute atomic E-state index is 0.00458. The summed E-state index contributed by atoms with van der Waals surface area (Å²) in [4.78, 5) is 24.9. The summed E-state index contributed by atoms with van der Waals surface area (Å²) < 4.78 is 70.4. The summed E-state index contributed by atoms with van der Waals surface area (Å²) in [6.07, 6.45) is 1.70. The van der Waals surface area contributed by atoms with Crippen molar-refractivity contribution in [3.8, 4) is 0 Å². The number of carboxylic acid groups (broad SMARTS) is 1.